The summed E-state index contributed by atoms with van der Waals surface area (Å²) in [6.45, 7) is -0.420. The average molecular weight is 476 g/mol. The number of hydrogen-bond acceptors (Lipinski definition) is 7. The second-order valence-corrected chi connectivity index (χ2v) is 9.87. The largest absolute Gasteiger partial charge is 0.478 e. The maximum absolute atomic E-state index is 13.1. The summed E-state index contributed by atoms with van der Waals surface area (Å²) < 4.78 is 40.7. The van der Waals surface area contributed by atoms with Crippen LogP contribution in [0.5, 0.6) is 0 Å². The number of aromatic carboxylic acids is 1. The lowest BCUT2D eigenvalue weighted by Gasteiger charge is -2.28. The van der Waals surface area contributed by atoms with Gasteiger partial charge in [0, 0.05) is 0 Å². The molecule has 2 N–H and O–H groups in total. The number of carboxylic acid groups (broad SMARTS) is 1. The van der Waals surface area contributed by atoms with Gasteiger partial charge < -0.3 is 14.6 Å². The molecule has 1 saturated carbocycles. The van der Waals surface area contributed by atoms with Crippen LogP contribution in [0, 0.1) is 5.92 Å². The molecular formula is C19H28B4O9S. The van der Waals surface area contributed by atoms with Crippen LogP contribution in [0.25, 0.3) is 0 Å². The van der Waals surface area contributed by atoms with Gasteiger partial charge in [-0.15, -0.1) is 0 Å². The predicted octanol–water partition coefficient (Wildman–Crippen LogP) is -3.69. The molecule has 0 aromatic heterocycles. The summed E-state index contributed by atoms with van der Waals surface area (Å²) in [7, 11) is 3.23. The fourth-order valence-corrected chi connectivity index (χ4v) is 4.89. The molecule has 9 nitrogen and oxygen atoms in total. The van der Waals surface area contributed by atoms with E-state index in [1.165, 1.54) is 0 Å². The van der Waals surface area contributed by atoms with E-state index in [9.17, 15) is 27.9 Å². The number of esters is 2. The first kappa shape index (κ1) is 27.0. The molecule has 1 aliphatic rings. The van der Waals surface area contributed by atoms with Gasteiger partial charge in [-0.05, 0) is 31.2 Å². The molecule has 0 radical (unpaired) electrons. The van der Waals surface area contributed by atoms with Gasteiger partial charge in [-0.1, -0.05) is 29.1 Å². The van der Waals surface area contributed by atoms with Crippen molar-refractivity contribution in [1.82, 2.24) is 0 Å². The first-order chi connectivity index (χ1) is 15.4. The zero-order valence-electron chi connectivity index (χ0n) is 19.5. The number of rotatable bonds is 9. The van der Waals surface area contributed by atoms with E-state index in [0.29, 0.717) is 49.3 Å². The van der Waals surface area contributed by atoms with E-state index in [2.05, 4.69) is 0 Å². The highest BCUT2D eigenvalue weighted by Crippen LogP contribution is 2.28. The highest BCUT2D eigenvalue weighted by atomic mass is 32.2. The molecule has 0 spiro atoms. The lowest BCUT2D eigenvalue weighted by molar-refractivity contribution is -0.149. The Morgan fingerprint density at radius 2 is 1.52 bits per heavy atom. The highest BCUT2D eigenvalue weighted by molar-refractivity contribution is 7.85. The predicted molar refractivity (Wildman–Crippen MR) is 133 cm³/mol. The maximum atomic E-state index is 13.1. The lowest BCUT2D eigenvalue weighted by atomic mass is 9.68. The van der Waals surface area contributed by atoms with Crippen LogP contribution in [-0.2, 0) is 37.0 Å². The molecule has 0 unspecified atom stereocenters. The normalized spacial score (nSPS) is 18.5. The standard InChI is InChI=1S/C19H28B4O9S/c20-7-11-13(14(17(24)25)16(23)12(8-21)15(11)22)19(27)32-10-3-1-9(2-4-10)18(26)31-5-6-33(28,29)30/h9-10H,1-8,20-23H2,(H,24,25)(H,28,29,30). The Labute approximate surface area is 197 Å². The van der Waals surface area contributed by atoms with Crippen LogP contribution in [0.3, 0.4) is 0 Å². The van der Waals surface area contributed by atoms with E-state index >= 15 is 0 Å². The van der Waals surface area contributed by atoms with Crippen molar-refractivity contribution in [3.8, 4) is 0 Å². The topological polar surface area (TPSA) is 144 Å². The molecule has 0 bridgehead atoms. The number of carbonyl (C=O) groups is 3. The van der Waals surface area contributed by atoms with Crippen molar-refractivity contribution in [2.24, 2.45) is 5.92 Å². The Kier molecular flexibility index (Phi) is 9.25. The molecule has 1 fully saturated rings. The van der Waals surface area contributed by atoms with Crippen molar-refractivity contribution in [1.29, 1.82) is 0 Å². The number of carbonyl (C=O) groups excluding carboxylic acids is 2. The molecule has 1 aromatic carbocycles. The van der Waals surface area contributed by atoms with E-state index in [0.717, 1.165) is 11.0 Å². The zero-order chi connectivity index (χ0) is 24.9. The second kappa shape index (κ2) is 11.3. The number of hydrogen-bond donors (Lipinski definition) is 2. The van der Waals surface area contributed by atoms with Crippen molar-refractivity contribution in [2.75, 3.05) is 12.4 Å². The molecule has 2 rings (SSSR count). The van der Waals surface area contributed by atoms with Gasteiger partial charge in [0.15, 0.2) is 0 Å². The Bertz CT molecular complexity index is 1030. The summed E-state index contributed by atoms with van der Waals surface area (Å²) in [4.78, 5) is 37.3. The molecule has 0 heterocycles. The van der Waals surface area contributed by atoms with Crippen molar-refractivity contribution >= 4 is 70.3 Å². The molecule has 1 aliphatic carbocycles. The Balaban J connectivity index is 2.11. The SMILES string of the molecule is BCc1c(B)c(CB)c(C(=O)OC2CCC(C(=O)OCCS(=O)(=O)O)CC2)c(C(=O)O)c1B. The van der Waals surface area contributed by atoms with E-state index in [-0.39, 0.29) is 11.1 Å². The summed E-state index contributed by atoms with van der Waals surface area (Å²) in [5.74, 6) is -3.49. The molecule has 176 valence electrons. The van der Waals surface area contributed by atoms with E-state index in [4.69, 9.17) is 14.0 Å². The third kappa shape index (κ3) is 6.66. The summed E-state index contributed by atoms with van der Waals surface area (Å²) in [6.07, 6.45) is 2.27. The molecule has 14 heteroatoms. The van der Waals surface area contributed by atoms with Crippen LogP contribution in [0.4, 0.5) is 0 Å². The molecule has 0 aliphatic heterocycles. The van der Waals surface area contributed by atoms with E-state index in [1.54, 1.807) is 7.85 Å². The summed E-state index contributed by atoms with van der Waals surface area (Å²) in [6, 6.07) is 0. The van der Waals surface area contributed by atoms with Crippen LogP contribution in [0.1, 0.15) is 57.5 Å². The fraction of sp³-hybridized carbons (Fsp3) is 0.526. The Morgan fingerprint density at radius 1 is 0.939 bits per heavy atom. The Hall–Kier alpha value is -2.20. The van der Waals surface area contributed by atoms with Gasteiger partial charge >= 0.3 is 17.9 Å². The Morgan fingerprint density at radius 3 is 2.00 bits per heavy atom. The molecule has 0 atom stereocenters. The van der Waals surface area contributed by atoms with E-state index in [1.807, 2.05) is 23.5 Å². The maximum Gasteiger partial charge on any atom is 0.339 e. The molecule has 0 amide bonds. The molecular weight excluding hydrogens is 448 g/mol. The van der Waals surface area contributed by atoms with Crippen LogP contribution >= 0.6 is 0 Å². The quantitative estimate of drug-likeness (QED) is 0.209. The third-order valence-electron chi connectivity index (χ3n) is 6.28. The molecule has 1 aromatic rings. The summed E-state index contributed by atoms with van der Waals surface area (Å²) in [5.41, 5.74) is 3.16. The van der Waals surface area contributed by atoms with Gasteiger partial charge in [-0.25, -0.2) is 9.59 Å². The van der Waals surface area contributed by atoms with Crippen molar-refractivity contribution < 1.29 is 41.9 Å². The van der Waals surface area contributed by atoms with E-state index < -0.39 is 52.4 Å². The van der Waals surface area contributed by atoms with Gasteiger partial charge in [0.25, 0.3) is 10.1 Å². The van der Waals surface area contributed by atoms with Crippen LogP contribution in [-0.4, -0.2) is 85.8 Å². The fourth-order valence-electron chi connectivity index (χ4n) is 4.60. The van der Waals surface area contributed by atoms with Crippen molar-refractivity contribution in [3.63, 3.8) is 0 Å². The van der Waals surface area contributed by atoms with Crippen molar-refractivity contribution in [2.45, 2.75) is 44.4 Å². The third-order valence-corrected chi connectivity index (χ3v) is 6.96. The van der Waals surface area contributed by atoms with Gasteiger partial charge in [-0.2, -0.15) is 8.42 Å². The minimum Gasteiger partial charge on any atom is -0.478 e. The molecule has 33 heavy (non-hydrogen) atoms. The smallest absolute Gasteiger partial charge is 0.339 e. The summed E-state index contributed by atoms with van der Waals surface area (Å²) in [5, 5.41) is 9.84. The first-order valence-electron chi connectivity index (χ1n) is 11.1. The zero-order valence-corrected chi connectivity index (χ0v) is 20.3. The summed E-state index contributed by atoms with van der Waals surface area (Å²) >= 11 is 0. The van der Waals surface area contributed by atoms with Crippen LogP contribution in [0.2, 0.25) is 0 Å². The van der Waals surface area contributed by atoms with Crippen LogP contribution < -0.4 is 10.9 Å². The minimum atomic E-state index is -4.20. The molecule has 0 saturated heterocycles. The second-order valence-electron chi connectivity index (χ2n) is 8.30. The average Bonchev–Trinajstić information content (AvgIpc) is 2.72. The van der Waals surface area contributed by atoms with Gasteiger partial charge in [0.2, 0.25) is 0 Å². The number of ether oxygens (including phenoxy) is 2. The minimum absolute atomic E-state index is 0.0181. The van der Waals surface area contributed by atoms with Gasteiger partial charge in [-0.3, -0.25) is 9.35 Å². The number of carboxylic acids is 1. The first-order valence-corrected chi connectivity index (χ1v) is 12.7. The van der Waals surface area contributed by atoms with Gasteiger partial charge in [0.1, 0.15) is 49.8 Å². The highest BCUT2D eigenvalue weighted by Gasteiger charge is 2.32. The monoisotopic (exact) mass is 476 g/mol. The van der Waals surface area contributed by atoms with Gasteiger partial charge in [0.05, 0.1) is 17.0 Å². The lowest BCUT2D eigenvalue weighted by Crippen LogP contribution is -2.37. The van der Waals surface area contributed by atoms with Crippen molar-refractivity contribution in [3.05, 3.63) is 22.3 Å². The van der Waals surface area contributed by atoms with Crippen LogP contribution in [0.15, 0.2) is 0 Å². The number of benzene rings is 1.